The van der Waals surface area contributed by atoms with Crippen LogP contribution in [-0.2, 0) is 25.9 Å². The van der Waals surface area contributed by atoms with Crippen molar-refractivity contribution in [2.75, 3.05) is 7.05 Å². The highest BCUT2D eigenvalue weighted by Gasteiger charge is 2.13. The Labute approximate surface area is 179 Å². The molecule has 0 saturated heterocycles. The number of thioether (sulfide) groups is 1. The van der Waals surface area contributed by atoms with Gasteiger partial charge in [-0.05, 0) is 36.4 Å². The molecule has 0 atom stereocenters. The molecule has 0 fully saturated rings. The molecule has 0 radical (unpaired) electrons. The van der Waals surface area contributed by atoms with Crippen LogP contribution in [0.1, 0.15) is 17.0 Å². The maximum Gasteiger partial charge on any atom is 0.191 e. The third-order valence-electron chi connectivity index (χ3n) is 4.83. The van der Waals surface area contributed by atoms with Gasteiger partial charge in [0.15, 0.2) is 5.16 Å². The second-order valence-electron chi connectivity index (χ2n) is 7.00. The molecule has 0 N–H and O–H groups in total. The standard InChI is InChI=1S/C22H22ClN5S/c1-27(13-16-11-12-24-20-10-6-4-8-18(16)20)14-21-25-26-22(28(21)2)29-15-17-7-3-5-9-19(17)23/h3-12H,13-15H2,1-2H3. The fourth-order valence-corrected chi connectivity index (χ4v) is 4.46. The Morgan fingerprint density at radius 2 is 1.76 bits per heavy atom. The van der Waals surface area contributed by atoms with Crippen LogP contribution in [0.2, 0.25) is 5.02 Å². The Kier molecular flexibility index (Phi) is 6.13. The van der Waals surface area contributed by atoms with Crippen molar-refractivity contribution in [1.29, 1.82) is 0 Å². The van der Waals surface area contributed by atoms with E-state index >= 15 is 0 Å². The van der Waals surface area contributed by atoms with E-state index in [9.17, 15) is 0 Å². The molecule has 4 rings (SSSR count). The number of pyridine rings is 1. The van der Waals surface area contributed by atoms with Crippen molar-refractivity contribution in [2.24, 2.45) is 7.05 Å². The Balaban J connectivity index is 1.42. The first kappa shape index (κ1) is 19.9. The summed E-state index contributed by atoms with van der Waals surface area (Å²) in [4.78, 5) is 6.69. The van der Waals surface area contributed by atoms with Gasteiger partial charge >= 0.3 is 0 Å². The highest BCUT2D eigenvalue weighted by Crippen LogP contribution is 2.26. The van der Waals surface area contributed by atoms with E-state index in [1.54, 1.807) is 11.8 Å². The lowest BCUT2D eigenvalue weighted by Crippen LogP contribution is -2.20. The van der Waals surface area contributed by atoms with E-state index in [0.717, 1.165) is 39.4 Å². The van der Waals surface area contributed by atoms with E-state index in [1.165, 1.54) is 10.9 Å². The van der Waals surface area contributed by atoms with E-state index in [4.69, 9.17) is 11.6 Å². The Bertz CT molecular complexity index is 1120. The van der Waals surface area contributed by atoms with Gasteiger partial charge in [-0.3, -0.25) is 9.88 Å². The highest BCUT2D eigenvalue weighted by molar-refractivity contribution is 7.98. The molecule has 5 nitrogen and oxygen atoms in total. The molecule has 0 aliphatic heterocycles. The first-order valence-electron chi connectivity index (χ1n) is 9.37. The summed E-state index contributed by atoms with van der Waals surface area (Å²) in [5, 5.41) is 11.6. The second kappa shape index (κ2) is 8.95. The molecule has 2 heterocycles. The van der Waals surface area contributed by atoms with Gasteiger partial charge in [0.25, 0.3) is 0 Å². The zero-order valence-corrected chi connectivity index (χ0v) is 18.0. The average Bonchev–Trinajstić information content (AvgIpc) is 3.07. The predicted octanol–water partition coefficient (Wildman–Crippen LogP) is 4.94. The molecule has 4 aromatic rings. The average molecular weight is 424 g/mol. The first-order chi connectivity index (χ1) is 14.1. The van der Waals surface area contributed by atoms with Gasteiger partial charge in [-0.1, -0.05) is 59.8 Å². The van der Waals surface area contributed by atoms with Crippen LogP contribution in [0.5, 0.6) is 0 Å². The third-order valence-corrected chi connectivity index (χ3v) is 6.27. The predicted molar refractivity (Wildman–Crippen MR) is 119 cm³/mol. The lowest BCUT2D eigenvalue weighted by molar-refractivity contribution is 0.307. The summed E-state index contributed by atoms with van der Waals surface area (Å²) < 4.78 is 2.06. The zero-order chi connectivity index (χ0) is 20.2. The van der Waals surface area contributed by atoms with Crippen LogP contribution in [0.4, 0.5) is 0 Å². The molecule has 0 aliphatic rings. The van der Waals surface area contributed by atoms with E-state index < -0.39 is 0 Å². The van der Waals surface area contributed by atoms with Crippen LogP contribution in [0.15, 0.2) is 66.0 Å². The van der Waals surface area contributed by atoms with Crippen molar-refractivity contribution in [1.82, 2.24) is 24.6 Å². The van der Waals surface area contributed by atoms with Gasteiger partial charge in [0.05, 0.1) is 12.1 Å². The molecule has 148 valence electrons. The first-order valence-corrected chi connectivity index (χ1v) is 10.7. The van der Waals surface area contributed by atoms with Gasteiger partial charge in [-0.25, -0.2) is 0 Å². The third kappa shape index (κ3) is 4.61. The van der Waals surface area contributed by atoms with Gasteiger partial charge in [0.1, 0.15) is 5.82 Å². The number of hydrogen-bond donors (Lipinski definition) is 0. The van der Waals surface area contributed by atoms with Crippen molar-refractivity contribution < 1.29 is 0 Å². The monoisotopic (exact) mass is 423 g/mol. The van der Waals surface area contributed by atoms with Crippen molar-refractivity contribution in [3.8, 4) is 0 Å². The van der Waals surface area contributed by atoms with Crippen LogP contribution in [0.3, 0.4) is 0 Å². The van der Waals surface area contributed by atoms with Gasteiger partial charge in [0, 0.05) is 36.0 Å². The molecular weight excluding hydrogens is 402 g/mol. The van der Waals surface area contributed by atoms with Crippen LogP contribution in [0.25, 0.3) is 10.9 Å². The number of hydrogen-bond acceptors (Lipinski definition) is 5. The van der Waals surface area contributed by atoms with E-state index in [0.29, 0.717) is 6.54 Å². The van der Waals surface area contributed by atoms with Crippen molar-refractivity contribution in [2.45, 2.75) is 24.0 Å². The molecule has 0 bridgehead atoms. The van der Waals surface area contributed by atoms with Gasteiger partial charge < -0.3 is 4.57 Å². The summed E-state index contributed by atoms with van der Waals surface area (Å²) in [7, 11) is 4.11. The lowest BCUT2D eigenvalue weighted by Gasteiger charge is -2.17. The number of halogens is 1. The molecule has 0 amide bonds. The Hall–Kier alpha value is -2.41. The quantitative estimate of drug-likeness (QED) is 0.394. The summed E-state index contributed by atoms with van der Waals surface area (Å²) in [6.45, 7) is 1.53. The molecule has 29 heavy (non-hydrogen) atoms. The molecular formula is C22H22ClN5S. The zero-order valence-electron chi connectivity index (χ0n) is 16.4. The largest absolute Gasteiger partial charge is 0.308 e. The summed E-state index contributed by atoms with van der Waals surface area (Å²) >= 11 is 7.90. The summed E-state index contributed by atoms with van der Waals surface area (Å²) in [5.74, 6) is 1.71. The fourth-order valence-electron chi connectivity index (χ4n) is 3.25. The van der Waals surface area contributed by atoms with Crippen LogP contribution in [-0.4, -0.2) is 31.7 Å². The molecule has 7 heteroatoms. The number of fused-ring (bicyclic) bond motifs is 1. The number of benzene rings is 2. The minimum absolute atomic E-state index is 0.715. The molecule has 0 unspecified atom stereocenters. The maximum atomic E-state index is 6.26. The number of nitrogens with zero attached hydrogens (tertiary/aromatic N) is 5. The van der Waals surface area contributed by atoms with Crippen LogP contribution >= 0.6 is 23.4 Å². The van der Waals surface area contributed by atoms with Crippen molar-refractivity contribution in [3.63, 3.8) is 0 Å². The molecule has 0 aliphatic carbocycles. The highest BCUT2D eigenvalue weighted by atomic mass is 35.5. The topological polar surface area (TPSA) is 46.8 Å². The maximum absolute atomic E-state index is 6.26. The molecule has 2 aromatic carbocycles. The minimum Gasteiger partial charge on any atom is -0.308 e. The number of rotatable bonds is 7. The minimum atomic E-state index is 0.715. The van der Waals surface area contributed by atoms with Crippen LogP contribution < -0.4 is 0 Å². The summed E-state index contributed by atoms with van der Waals surface area (Å²) in [6.07, 6.45) is 1.87. The lowest BCUT2D eigenvalue weighted by atomic mass is 10.1. The van der Waals surface area contributed by atoms with Gasteiger partial charge in [-0.15, -0.1) is 10.2 Å². The SMILES string of the molecule is CN(Cc1ccnc2ccccc12)Cc1nnc(SCc2ccccc2Cl)n1C. The second-order valence-corrected chi connectivity index (χ2v) is 8.35. The van der Waals surface area contributed by atoms with Crippen LogP contribution in [0, 0.1) is 0 Å². The Morgan fingerprint density at radius 3 is 2.62 bits per heavy atom. The van der Waals surface area contributed by atoms with Crippen molar-refractivity contribution >= 4 is 34.3 Å². The number of para-hydroxylation sites is 1. The number of aromatic nitrogens is 4. The van der Waals surface area contributed by atoms with Crippen molar-refractivity contribution in [3.05, 3.63) is 82.8 Å². The van der Waals surface area contributed by atoms with E-state index in [2.05, 4.69) is 49.9 Å². The van der Waals surface area contributed by atoms with Gasteiger partial charge in [-0.2, -0.15) is 0 Å². The Morgan fingerprint density at radius 1 is 0.966 bits per heavy atom. The smallest absolute Gasteiger partial charge is 0.191 e. The normalized spacial score (nSPS) is 11.4. The fraction of sp³-hybridized carbons (Fsp3) is 0.227. The summed E-state index contributed by atoms with van der Waals surface area (Å²) in [6, 6.07) is 18.2. The van der Waals surface area contributed by atoms with Gasteiger partial charge in [0.2, 0.25) is 0 Å². The van der Waals surface area contributed by atoms with E-state index in [1.807, 2.05) is 49.6 Å². The molecule has 2 aromatic heterocycles. The molecule has 0 saturated carbocycles. The summed E-state index contributed by atoms with van der Waals surface area (Å²) in [5.41, 5.74) is 3.38. The van der Waals surface area contributed by atoms with E-state index in [-0.39, 0.29) is 0 Å². The molecule has 0 spiro atoms.